The molecule has 2 aromatic carbocycles. The molecule has 3 aromatic rings. The van der Waals surface area contributed by atoms with Crippen molar-refractivity contribution >= 4 is 15.9 Å². The Morgan fingerprint density at radius 1 is 1.03 bits per heavy atom. The van der Waals surface area contributed by atoms with Crippen molar-refractivity contribution in [3.63, 3.8) is 0 Å². The predicted molar refractivity (Wildman–Crippen MR) is 114 cm³/mol. The van der Waals surface area contributed by atoms with Crippen LogP contribution in [-0.4, -0.2) is 49.9 Å². The highest BCUT2D eigenvalue weighted by atomic mass is 32.2. The van der Waals surface area contributed by atoms with E-state index >= 15 is 0 Å². The van der Waals surface area contributed by atoms with Gasteiger partial charge >= 0.3 is 0 Å². The van der Waals surface area contributed by atoms with Crippen molar-refractivity contribution in [3.05, 3.63) is 72.1 Å². The molecule has 0 aliphatic carbocycles. The summed E-state index contributed by atoms with van der Waals surface area (Å²) in [6.07, 6.45) is 1.58. The number of nitrogens with one attached hydrogen (secondary N) is 1. The van der Waals surface area contributed by atoms with E-state index in [1.807, 2.05) is 30.3 Å². The summed E-state index contributed by atoms with van der Waals surface area (Å²) in [5.74, 6) is 0.276. The number of ether oxygens (including phenoxy) is 1. The van der Waals surface area contributed by atoms with Crippen LogP contribution in [0.15, 0.2) is 70.2 Å². The maximum Gasteiger partial charge on any atom is 0.243 e. The Labute approximate surface area is 180 Å². The fourth-order valence-electron chi connectivity index (χ4n) is 3.24. The fourth-order valence-corrected chi connectivity index (χ4v) is 4.65. The molecule has 1 saturated heterocycles. The first-order valence-electron chi connectivity index (χ1n) is 9.96. The molecule has 162 valence electrons. The molecule has 0 unspecified atom stereocenters. The number of hydrogen-bond acceptors (Lipinski definition) is 6. The van der Waals surface area contributed by atoms with Gasteiger partial charge in [0.2, 0.25) is 21.8 Å². The molecule has 31 heavy (non-hydrogen) atoms. The van der Waals surface area contributed by atoms with Gasteiger partial charge in [-0.15, -0.1) is 0 Å². The van der Waals surface area contributed by atoms with Gasteiger partial charge in [-0.1, -0.05) is 30.3 Å². The van der Waals surface area contributed by atoms with Crippen LogP contribution in [0, 0.1) is 0 Å². The van der Waals surface area contributed by atoms with Crippen LogP contribution < -0.4 is 5.32 Å². The first kappa shape index (κ1) is 21.2. The van der Waals surface area contributed by atoms with Gasteiger partial charge < -0.3 is 14.5 Å². The van der Waals surface area contributed by atoms with Crippen LogP contribution in [0.5, 0.6) is 0 Å². The quantitative estimate of drug-likeness (QED) is 0.603. The molecule has 8 nitrogen and oxygen atoms in total. The van der Waals surface area contributed by atoms with Crippen LogP contribution in [0.2, 0.25) is 0 Å². The van der Waals surface area contributed by atoms with Gasteiger partial charge in [0, 0.05) is 25.2 Å². The van der Waals surface area contributed by atoms with E-state index in [4.69, 9.17) is 9.15 Å². The summed E-state index contributed by atoms with van der Waals surface area (Å²) in [4.78, 5) is 16.8. The Kier molecular flexibility index (Phi) is 6.45. The van der Waals surface area contributed by atoms with Crippen molar-refractivity contribution in [1.82, 2.24) is 14.6 Å². The Morgan fingerprint density at radius 2 is 1.74 bits per heavy atom. The lowest BCUT2D eigenvalue weighted by Crippen LogP contribution is -2.40. The zero-order valence-corrected chi connectivity index (χ0v) is 17.7. The van der Waals surface area contributed by atoms with E-state index in [1.54, 1.807) is 24.3 Å². The summed E-state index contributed by atoms with van der Waals surface area (Å²) >= 11 is 0. The smallest absolute Gasteiger partial charge is 0.243 e. The standard InChI is InChI=1S/C22H23N3O5S/c26-21(14-19-16-30-22(24-19)18-4-2-1-3-5-18)23-15-17-6-8-20(9-7-17)31(27,28)25-10-12-29-13-11-25/h1-9,16H,10-15H2,(H,23,26). The fraction of sp³-hybridized carbons (Fsp3) is 0.273. The maximum atomic E-state index is 12.7. The average Bonchev–Trinajstić information content (AvgIpc) is 3.27. The molecule has 1 amide bonds. The average molecular weight is 442 g/mol. The van der Waals surface area contributed by atoms with Crippen LogP contribution in [0.25, 0.3) is 11.5 Å². The summed E-state index contributed by atoms with van der Waals surface area (Å²) in [6, 6.07) is 16.0. The maximum absolute atomic E-state index is 12.7. The molecule has 0 saturated carbocycles. The number of nitrogens with zero attached hydrogens (tertiary/aromatic N) is 2. The van der Waals surface area contributed by atoms with Crippen molar-refractivity contribution in [2.24, 2.45) is 0 Å². The highest BCUT2D eigenvalue weighted by molar-refractivity contribution is 7.89. The number of benzene rings is 2. The van der Waals surface area contributed by atoms with E-state index in [9.17, 15) is 13.2 Å². The summed E-state index contributed by atoms with van der Waals surface area (Å²) in [5, 5.41) is 2.82. The van der Waals surface area contributed by atoms with E-state index in [0.717, 1.165) is 11.1 Å². The number of carbonyl (C=O) groups excluding carboxylic acids is 1. The lowest BCUT2D eigenvalue weighted by molar-refractivity contribution is -0.120. The molecule has 1 aromatic heterocycles. The van der Waals surface area contributed by atoms with Gasteiger partial charge in [0.15, 0.2) is 0 Å². The van der Waals surface area contributed by atoms with Crippen LogP contribution >= 0.6 is 0 Å². The van der Waals surface area contributed by atoms with E-state index in [2.05, 4.69) is 10.3 Å². The van der Waals surface area contributed by atoms with Gasteiger partial charge in [-0.3, -0.25) is 4.79 Å². The molecule has 1 aliphatic rings. The molecule has 1 aliphatic heterocycles. The number of aromatic nitrogens is 1. The number of hydrogen-bond donors (Lipinski definition) is 1. The summed E-state index contributed by atoms with van der Waals surface area (Å²) in [7, 11) is -3.52. The van der Waals surface area contributed by atoms with Crippen LogP contribution in [0.3, 0.4) is 0 Å². The first-order valence-corrected chi connectivity index (χ1v) is 11.4. The number of morpholine rings is 1. The van der Waals surface area contributed by atoms with Crippen LogP contribution in [-0.2, 0) is 32.5 Å². The SMILES string of the molecule is O=C(Cc1coc(-c2ccccc2)n1)NCc1ccc(S(=O)(=O)N2CCOCC2)cc1. The molecule has 0 radical (unpaired) electrons. The van der Waals surface area contributed by atoms with E-state index < -0.39 is 10.0 Å². The molecular weight excluding hydrogens is 418 g/mol. The zero-order chi connectivity index (χ0) is 21.7. The number of oxazole rings is 1. The Morgan fingerprint density at radius 3 is 2.45 bits per heavy atom. The van der Waals surface area contributed by atoms with Gasteiger partial charge in [-0.2, -0.15) is 4.31 Å². The highest BCUT2D eigenvalue weighted by Gasteiger charge is 2.26. The molecule has 0 bridgehead atoms. The van der Waals surface area contributed by atoms with E-state index in [0.29, 0.717) is 44.4 Å². The van der Waals surface area contributed by atoms with Gasteiger partial charge in [-0.25, -0.2) is 13.4 Å². The number of amides is 1. The third-order valence-corrected chi connectivity index (χ3v) is 6.85. The molecule has 4 rings (SSSR count). The van der Waals surface area contributed by atoms with Crippen LogP contribution in [0.1, 0.15) is 11.3 Å². The first-order chi connectivity index (χ1) is 15.0. The van der Waals surface area contributed by atoms with Crippen molar-refractivity contribution < 1.29 is 22.4 Å². The minimum atomic E-state index is -3.52. The molecule has 0 spiro atoms. The zero-order valence-electron chi connectivity index (χ0n) is 16.9. The van der Waals surface area contributed by atoms with Gasteiger partial charge in [0.05, 0.1) is 30.2 Å². The number of rotatable bonds is 7. The minimum Gasteiger partial charge on any atom is -0.444 e. The second-order valence-electron chi connectivity index (χ2n) is 7.12. The molecular formula is C22H23N3O5S. The van der Waals surface area contributed by atoms with Crippen molar-refractivity contribution in [2.45, 2.75) is 17.9 Å². The molecule has 9 heteroatoms. The lowest BCUT2D eigenvalue weighted by atomic mass is 10.2. The lowest BCUT2D eigenvalue weighted by Gasteiger charge is -2.26. The third-order valence-electron chi connectivity index (χ3n) is 4.94. The Balaban J connectivity index is 1.31. The van der Waals surface area contributed by atoms with Crippen molar-refractivity contribution in [1.29, 1.82) is 0 Å². The largest absolute Gasteiger partial charge is 0.444 e. The van der Waals surface area contributed by atoms with E-state index in [-0.39, 0.29) is 17.2 Å². The Hall–Kier alpha value is -3.01. The molecule has 1 fully saturated rings. The molecule has 1 N–H and O–H groups in total. The summed E-state index contributed by atoms with van der Waals surface area (Å²) in [5.41, 5.74) is 2.20. The van der Waals surface area contributed by atoms with E-state index in [1.165, 1.54) is 10.6 Å². The van der Waals surface area contributed by atoms with Crippen molar-refractivity contribution in [3.8, 4) is 11.5 Å². The third kappa shape index (κ3) is 5.19. The molecule has 2 heterocycles. The normalized spacial score (nSPS) is 15.0. The highest BCUT2D eigenvalue weighted by Crippen LogP contribution is 2.19. The monoisotopic (exact) mass is 441 g/mol. The van der Waals surface area contributed by atoms with Crippen molar-refractivity contribution in [2.75, 3.05) is 26.3 Å². The second-order valence-corrected chi connectivity index (χ2v) is 9.06. The van der Waals surface area contributed by atoms with Gasteiger partial charge in [0.1, 0.15) is 6.26 Å². The molecule has 0 atom stereocenters. The van der Waals surface area contributed by atoms with Gasteiger partial charge in [0.25, 0.3) is 0 Å². The van der Waals surface area contributed by atoms with Crippen LogP contribution in [0.4, 0.5) is 0 Å². The van der Waals surface area contributed by atoms with Gasteiger partial charge in [-0.05, 0) is 29.8 Å². The second kappa shape index (κ2) is 9.42. The number of carbonyl (C=O) groups is 1. The summed E-state index contributed by atoms with van der Waals surface area (Å²) in [6.45, 7) is 1.81. The predicted octanol–water partition coefficient (Wildman–Crippen LogP) is 2.22. The summed E-state index contributed by atoms with van der Waals surface area (Å²) < 4.78 is 37.4. The topological polar surface area (TPSA) is 102 Å². The minimum absolute atomic E-state index is 0.0971. The number of sulfonamides is 1. The Bertz CT molecular complexity index is 1120.